The van der Waals surface area contributed by atoms with E-state index in [1.165, 1.54) is 16.7 Å². The molecule has 0 saturated heterocycles. The molecule has 1 atom stereocenters. The average Bonchev–Trinajstić information content (AvgIpc) is 2.71. The van der Waals surface area contributed by atoms with Crippen LogP contribution in [0.2, 0.25) is 0 Å². The minimum Gasteiger partial charge on any atom is -0.372 e. The molecule has 0 amide bonds. The van der Waals surface area contributed by atoms with E-state index in [1.807, 2.05) is 13.1 Å². The summed E-state index contributed by atoms with van der Waals surface area (Å²) < 4.78 is 5.97. The molecule has 0 bridgehead atoms. The molecule has 0 aliphatic carbocycles. The largest absolute Gasteiger partial charge is 0.372 e. The maximum Gasteiger partial charge on any atom is 0.116 e. The van der Waals surface area contributed by atoms with E-state index >= 15 is 0 Å². The van der Waals surface area contributed by atoms with Crippen LogP contribution in [0.1, 0.15) is 23.7 Å². The first-order valence-corrected chi connectivity index (χ1v) is 7.04. The zero-order valence-electron chi connectivity index (χ0n) is 11.7. The SMILES string of the molecule is CNC[C@@H]1OCCCc2c(-c3ccncn3)cccc21. The van der Waals surface area contributed by atoms with Gasteiger partial charge in [-0.15, -0.1) is 0 Å². The second kappa shape index (κ2) is 6.11. The van der Waals surface area contributed by atoms with Crippen molar-refractivity contribution < 1.29 is 4.74 Å². The Bertz CT molecular complexity index is 571. The van der Waals surface area contributed by atoms with E-state index in [9.17, 15) is 0 Å². The van der Waals surface area contributed by atoms with Crippen LogP contribution < -0.4 is 5.32 Å². The number of hydrogen-bond acceptors (Lipinski definition) is 4. The average molecular weight is 269 g/mol. The quantitative estimate of drug-likeness (QED) is 0.929. The van der Waals surface area contributed by atoms with Crippen molar-refractivity contribution in [3.8, 4) is 11.3 Å². The Balaban J connectivity index is 2.08. The van der Waals surface area contributed by atoms with E-state index in [2.05, 4.69) is 33.5 Å². The molecular weight excluding hydrogens is 250 g/mol. The molecule has 3 rings (SSSR count). The second-order valence-electron chi connectivity index (χ2n) is 4.99. The van der Waals surface area contributed by atoms with Gasteiger partial charge in [0.05, 0.1) is 11.8 Å². The first kappa shape index (κ1) is 13.2. The van der Waals surface area contributed by atoms with E-state index in [1.54, 1.807) is 12.5 Å². The van der Waals surface area contributed by atoms with Crippen molar-refractivity contribution in [2.75, 3.05) is 20.2 Å². The van der Waals surface area contributed by atoms with Crippen molar-refractivity contribution in [3.05, 3.63) is 47.9 Å². The minimum atomic E-state index is 0.124. The Morgan fingerprint density at radius 1 is 1.35 bits per heavy atom. The third-order valence-corrected chi connectivity index (χ3v) is 3.70. The van der Waals surface area contributed by atoms with Gasteiger partial charge in [-0.05, 0) is 37.1 Å². The van der Waals surface area contributed by atoms with Gasteiger partial charge in [0.15, 0.2) is 0 Å². The lowest BCUT2D eigenvalue weighted by Crippen LogP contribution is -2.20. The Labute approximate surface area is 119 Å². The summed E-state index contributed by atoms with van der Waals surface area (Å²) in [7, 11) is 1.96. The molecule has 0 saturated carbocycles. The third kappa shape index (κ3) is 2.57. The lowest BCUT2D eigenvalue weighted by molar-refractivity contribution is 0.0579. The highest BCUT2D eigenvalue weighted by atomic mass is 16.5. The number of fused-ring (bicyclic) bond motifs is 1. The van der Waals surface area contributed by atoms with Gasteiger partial charge in [0, 0.05) is 24.9 Å². The van der Waals surface area contributed by atoms with Crippen LogP contribution in [-0.2, 0) is 11.2 Å². The maximum atomic E-state index is 5.97. The lowest BCUT2D eigenvalue weighted by Gasteiger charge is -2.19. The summed E-state index contributed by atoms with van der Waals surface area (Å²) in [6.45, 7) is 1.64. The van der Waals surface area contributed by atoms with E-state index in [0.29, 0.717) is 0 Å². The molecule has 0 spiro atoms. The fraction of sp³-hybridized carbons (Fsp3) is 0.375. The van der Waals surface area contributed by atoms with Crippen LogP contribution in [-0.4, -0.2) is 30.2 Å². The Kier molecular flexibility index (Phi) is 4.04. The number of hydrogen-bond donors (Lipinski definition) is 1. The molecule has 0 unspecified atom stereocenters. The van der Waals surface area contributed by atoms with Crippen molar-refractivity contribution in [3.63, 3.8) is 0 Å². The zero-order valence-corrected chi connectivity index (χ0v) is 11.7. The Morgan fingerprint density at radius 2 is 2.30 bits per heavy atom. The molecule has 0 fully saturated rings. The molecule has 4 nitrogen and oxygen atoms in total. The van der Waals surface area contributed by atoms with Crippen molar-refractivity contribution in [1.29, 1.82) is 0 Å². The zero-order chi connectivity index (χ0) is 13.8. The molecule has 2 aromatic rings. The highest BCUT2D eigenvalue weighted by molar-refractivity contribution is 5.65. The summed E-state index contributed by atoms with van der Waals surface area (Å²) in [5.74, 6) is 0. The van der Waals surface area contributed by atoms with Crippen LogP contribution in [0.5, 0.6) is 0 Å². The molecule has 104 valence electrons. The van der Waals surface area contributed by atoms with Gasteiger partial charge in [-0.1, -0.05) is 18.2 Å². The molecule has 1 aromatic carbocycles. The molecule has 0 radical (unpaired) electrons. The topological polar surface area (TPSA) is 47.0 Å². The van der Waals surface area contributed by atoms with Gasteiger partial charge in [0.1, 0.15) is 6.33 Å². The van der Waals surface area contributed by atoms with Gasteiger partial charge < -0.3 is 10.1 Å². The first-order chi connectivity index (χ1) is 9.90. The maximum absolute atomic E-state index is 5.97. The predicted molar refractivity (Wildman–Crippen MR) is 78.4 cm³/mol. The summed E-state index contributed by atoms with van der Waals surface area (Å²) >= 11 is 0. The fourth-order valence-electron chi connectivity index (χ4n) is 2.79. The molecule has 20 heavy (non-hydrogen) atoms. The number of likely N-dealkylation sites (N-methyl/N-ethyl adjacent to an activating group) is 1. The summed E-state index contributed by atoms with van der Waals surface area (Å²) in [6.07, 6.45) is 5.61. The molecule has 1 aliphatic rings. The highest BCUT2D eigenvalue weighted by Crippen LogP contribution is 2.32. The molecule has 1 aromatic heterocycles. The van der Waals surface area contributed by atoms with Crippen molar-refractivity contribution >= 4 is 0 Å². The normalized spacial score (nSPS) is 18.4. The fourth-order valence-corrected chi connectivity index (χ4v) is 2.79. The molecular formula is C16H19N3O. The van der Waals surface area contributed by atoms with Crippen LogP contribution in [0.4, 0.5) is 0 Å². The van der Waals surface area contributed by atoms with Crippen LogP contribution in [0, 0.1) is 0 Å². The van der Waals surface area contributed by atoms with Gasteiger partial charge in [-0.3, -0.25) is 0 Å². The predicted octanol–water partition coefficient (Wildman–Crippen LogP) is 2.37. The highest BCUT2D eigenvalue weighted by Gasteiger charge is 2.21. The van der Waals surface area contributed by atoms with Gasteiger partial charge in [0.2, 0.25) is 0 Å². The number of ether oxygens (including phenoxy) is 1. The smallest absolute Gasteiger partial charge is 0.116 e. The summed E-state index contributed by atoms with van der Waals surface area (Å²) in [5.41, 5.74) is 4.84. The molecule has 1 N–H and O–H groups in total. The van der Waals surface area contributed by atoms with Crippen molar-refractivity contribution in [2.45, 2.75) is 18.9 Å². The number of benzene rings is 1. The summed E-state index contributed by atoms with van der Waals surface area (Å²) in [6, 6.07) is 8.37. The second-order valence-corrected chi connectivity index (χ2v) is 4.99. The number of nitrogens with zero attached hydrogens (tertiary/aromatic N) is 2. The molecule has 4 heteroatoms. The first-order valence-electron chi connectivity index (χ1n) is 7.04. The Morgan fingerprint density at radius 3 is 3.10 bits per heavy atom. The van der Waals surface area contributed by atoms with Gasteiger partial charge in [0.25, 0.3) is 0 Å². The van der Waals surface area contributed by atoms with Crippen molar-refractivity contribution in [2.24, 2.45) is 0 Å². The standard InChI is InChI=1S/C16H19N3O/c1-17-10-16-14-5-2-4-13(12(14)6-3-9-20-16)15-7-8-18-11-19-15/h2,4-5,7-8,11,16-17H,3,6,9-10H2,1H3/t16-/m0/s1. The van der Waals surface area contributed by atoms with Gasteiger partial charge >= 0.3 is 0 Å². The number of aromatic nitrogens is 2. The Hall–Kier alpha value is -1.78. The van der Waals surface area contributed by atoms with E-state index in [4.69, 9.17) is 4.74 Å². The van der Waals surface area contributed by atoms with Crippen LogP contribution in [0.15, 0.2) is 36.8 Å². The van der Waals surface area contributed by atoms with E-state index in [-0.39, 0.29) is 6.10 Å². The van der Waals surface area contributed by atoms with Gasteiger partial charge in [-0.25, -0.2) is 9.97 Å². The van der Waals surface area contributed by atoms with Crippen LogP contribution in [0.25, 0.3) is 11.3 Å². The summed E-state index contributed by atoms with van der Waals surface area (Å²) in [5, 5.41) is 3.21. The van der Waals surface area contributed by atoms with E-state index in [0.717, 1.165) is 31.7 Å². The van der Waals surface area contributed by atoms with E-state index < -0.39 is 0 Å². The molecule has 2 heterocycles. The lowest BCUT2D eigenvalue weighted by atomic mass is 9.93. The summed E-state index contributed by atoms with van der Waals surface area (Å²) in [4.78, 5) is 8.39. The minimum absolute atomic E-state index is 0.124. The van der Waals surface area contributed by atoms with Crippen LogP contribution >= 0.6 is 0 Å². The third-order valence-electron chi connectivity index (χ3n) is 3.70. The number of nitrogens with one attached hydrogen (secondary N) is 1. The van der Waals surface area contributed by atoms with Crippen molar-refractivity contribution in [1.82, 2.24) is 15.3 Å². The van der Waals surface area contributed by atoms with Gasteiger partial charge in [-0.2, -0.15) is 0 Å². The van der Waals surface area contributed by atoms with Crippen LogP contribution in [0.3, 0.4) is 0 Å². The monoisotopic (exact) mass is 269 g/mol. The number of rotatable bonds is 3. The molecule has 1 aliphatic heterocycles.